The van der Waals surface area contributed by atoms with Crippen LogP contribution in [0.15, 0.2) is 239 Å². The molecular weight excluding hydrogens is 781 g/mol. The minimum atomic E-state index is 0.872. The molecule has 0 aliphatic carbocycles. The molecule has 13 aromatic rings. The highest BCUT2D eigenvalue weighted by atomic mass is 16.3. The Morgan fingerprint density at radius 2 is 0.859 bits per heavy atom. The van der Waals surface area contributed by atoms with Gasteiger partial charge in [0.25, 0.3) is 0 Å². The molecule has 0 spiro atoms. The van der Waals surface area contributed by atoms with E-state index in [9.17, 15) is 0 Å². The van der Waals surface area contributed by atoms with E-state index >= 15 is 0 Å². The summed E-state index contributed by atoms with van der Waals surface area (Å²) in [4.78, 5) is 2.34. The second-order valence-electron chi connectivity index (χ2n) is 16.5. The fraction of sp³-hybridized carbons (Fsp3) is 0. The first-order chi connectivity index (χ1) is 31.7. The second kappa shape index (κ2) is 14.5. The SMILES string of the molecule is c1ccc(-c2cccc3c2oc2ccc(-c4ccc(N(c5ccc(-c6cccc7c6c6ccccc6n7-c6ccccc6)cc5)c5ccc6oc7ccccc7c6c5)cc4)cc23)cc1. The molecule has 0 atom stereocenters. The van der Waals surface area contributed by atoms with Crippen molar-refractivity contribution < 1.29 is 8.83 Å². The van der Waals surface area contributed by atoms with Gasteiger partial charge in [0.2, 0.25) is 0 Å². The van der Waals surface area contributed by atoms with Gasteiger partial charge in [-0.2, -0.15) is 0 Å². The molecule has 0 saturated carbocycles. The van der Waals surface area contributed by atoms with Crippen LogP contribution < -0.4 is 4.90 Å². The maximum atomic E-state index is 6.51. The Morgan fingerprint density at radius 3 is 1.67 bits per heavy atom. The Morgan fingerprint density at radius 1 is 0.312 bits per heavy atom. The fourth-order valence-electron chi connectivity index (χ4n) is 9.83. The van der Waals surface area contributed by atoms with E-state index in [2.05, 4.69) is 222 Å². The second-order valence-corrected chi connectivity index (χ2v) is 16.5. The third kappa shape index (κ3) is 5.77. The number of fused-ring (bicyclic) bond motifs is 9. The summed E-state index contributed by atoms with van der Waals surface area (Å²) in [5, 5.41) is 6.90. The summed E-state index contributed by atoms with van der Waals surface area (Å²) in [7, 11) is 0. The number of aromatic nitrogens is 1. The Balaban J connectivity index is 0.915. The van der Waals surface area contributed by atoms with Crippen LogP contribution in [0.2, 0.25) is 0 Å². The summed E-state index contributed by atoms with van der Waals surface area (Å²) in [6, 6.07) is 82.1. The van der Waals surface area contributed by atoms with Crippen molar-refractivity contribution in [2.45, 2.75) is 0 Å². The van der Waals surface area contributed by atoms with E-state index in [1.807, 2.05) is 18.2 Å². The van der Waals surface area contributed by atoms with Gasteiger partial charge in [-0.1, -0.05) is 146 Å². The molecule has 0 saturated heterocycles. The molecule has 0 bridgehead atoms. The maximum Gasteiger partial charge on any atom is 0.143 e. The molecule has 0 fully saturated rings. The van der Waals surface area contributed by atoms with Crippen molar-refractivity contribution in [2.75, 3.05) is 4.90 Å². The molecule has 4 nitrogen and oxygen atoms in total. The summed E-state index contributed by atoms with van der Waals surface area (Å²) < 4.78 is 15.2. The van der Waals surface area contributed by atoms with Crippen molar-refractivity contribution >= 4 is 82.7 Å². The first-order valence-electron chi connectivity index (χ1n) is 21.7. The smallest absolute Gasteiger partial charge is 0.143 e. The van der Waals surface area contributed by atoms with Crippen molar-refractivity contribution in [3.05, 3.63) is 231 Å². The van der Waals surface area contributed by atoms with Crippen LogP contribution in [-0.4, -0.2) is 4.57 Å². The lowest BCUT2D eigenvalue weighted by atomic mass is 9.98. The molecular formula is C60H38N2O2. The first-order valence-corrected chi connectivity index (χ1v) is 21.7. The quantitative estimate of drug-likeness (QED) is 0.161. The number of hydrogen-bond donors (Lipinski definition) is 0. The summed E-state index contributed by atoms with van der Waals surface area (Å²) in [5.41, 5.74) is 17.1. The van der Waals surface area contributed by atoms with Crippen LogP contribution in [0.4, 0.5) is 17.1 Å². The van der Waals surface area contributed by atoms with Crippen molar-refractivity contribution in [1.82, 2.24) is 4.57 Å². The van der Waals surface area contributed by atoms with Gasteiger partial charge in [-0.15, -0.1) is 0 Å². The highest BCUT2D eigenvalue weighted by Gasteiger charge is 2.19. The Labute approximate surface area is 369 Å². The van der Waals surface area contributed by atoms with E-state index in [4.69, 9.17) is 8.83 Å². The lowest BCUT2D eigenvalue weighted by Crippen LogP contribution is -2.09. The van der Waals surface area contributed by atoms with E-state index in [1.54, 1.807) is 0 Å². The lowest BCUT2D eigenvalue weighted by molar-refractivity contribution is 0.669. The number of benzene rings is 10. The van der Waals surface area contributed by atoms with Crippen LogP contribution in [0.3, 0.4) is 0 Å². The summed E-state index contributed by atoms with van der Waals surface area (Å²) in [6.07, 6.45) is 0. The summed E-state index contributed by atoms with van der Waals surface area (Å²) in [6.45, 7) is 0. The first kappa shape index (κ1) is 36.1. The van der Waals surface area contributed by atoms with Gasteiger partial charge >= 0.3 is 0 Å². The molecule has 300 valence electrons. The molecule has 13 rings (SSSR count). The van der Waals surface area contributed by atoms with Gasteiger partial charge in [-0.25, -0.2) is 0 Å². The predicted octanol–water partition coefficient (Wildman–Crippen LogP) is 17.1. The van der Waals surface area contributed by atoms with Crippen molar-refractivity contribution in [3.63, 3.8) is 0 Å². The molecule has 0 aliphatic heterocycles. The van der Waals surface area contributed by atoms with E-state index < -0.39 is 0 Å². The van der Waals surface area contributed by atoms with E-state index in [1.165, 1.54) is 27.4 Å². The zero-order chi connectivity index (χ0) is 42.1. The van der Waals surface area contributed by atoms with Crippen LogP contribution in [0.1, 0.15) is 0 Å². The monoisotopic (exact) mass is 818 g/mol. The number of rotatable bonds is 7. The Bertz CT molecular complexity index is 3880. The third-order valence-corrected chi connectivity index (χ3v) is 12.8. The molecule has 4 heteroatoms. The molecule has 0 amide bonds. The van der Waals surface area contributed by atoms with Gasteiger partial charge in [0.05, 0.1) is 11.0 Å². The molecule has 3 heterocycles. The topological polar surface area (TPSA) is 34.5 Å². The molecule has 0 N–H and O–H groups in total. The zero-order valence-corrected chi connectivity index (χ0v) is 34.7. The lowest BCUT2D eigenvalue weighted by Gasteiger charge is -2.26. The van der Waals surface area contributed by atoms with Gasteiger partial charge in [-0.3, -0.25) is 0 Å². The maximum absolute atomic E-state index is 6.51. The largest absolute Gasteiger partial charge is 0.456 e. The highest BCUT2D eigenvalue weighted by Crippen LogP contribution is 2.43. The van der Waals surface area contributed by atoms with E-state index in [0.29, 0.717) is 0 Å². The fourth-order valence-corrected chi connectivity index (χ4v) is 9.83. The molecule has 64 heavy (non-hydrogen) atoms. The number of hydrogen-bond acceptors (Lipinski definition) is 3. The Hall–Kier alpha value is -8.60. The average molecular weight is 819 g/mol. The van der Waals surface area contributed by atoms with Crippen LogP contribution in [0.25, 0.3) is 105 Å². The Kier molecular flexibility index (Phi) is 8.18. The molecule has 0 radical (unpaired) electrons. The van der Waals surface area contributed by atoms with Crippen LogP contribution in [-0.2, 0) is 0 Å². The summed E-state index contributed by atoms with van der Waals surface area (Å²) in [5.74, 6) is 0. The minimum Gasteiger partial charge on any atom is -0.456 e. The number of anilines is 3. The third-order valence-electron chi connectivity index (χ3n) is 12.8. The minimum absolute atomic E-state index is 0.872. The van der Waals surface area contributed by atoms with E-state index in [0.717, 1.165) is 94.4 Å². The highest BCUT2D eigenvalue weighted by molar-refractivity contribution is 6.16. The zero-order valence-electron chi connectivity index (χ0n) is 34.7. The van der Waals surface area contributed by atoms with Crippen molar-refractivity contribution in [3.8, 4) is 39.1 Å². The molecule has 3 aromatic heterocycles. The van der Waals surface area contributed by atoms with Gasteiger partial charge < -0.3 is 18.3 Å². The number of nitrogens with zero attached hydrogens (tertiary/aromatic N) is 2. The van der Waals surface area contributed by atoms with Crippen LogP contribution in [0, 0.1) is 0 Å². The predicted molar refractivity (Wildman–Crippen MR) is 266 cm³/mol. The van der Waals surface area contributed by atoms with Crippen molar-refractivity contribution in [2.24, 2.45) is 0 Å². The normalized spacial score (nSPS) is 11.8. The molecule has 0 aliphatic rings. The number of furan rings is 2. The number of para-hydroxylation sites is 4. The average Bonchev–Trinajstić information content (AvgIpc) is 4.04. The standard InChI is InChI=1S/C60H38N2O2/c1-3-13-40(14-4-1)48-20-11-21-50-52-37-42(29-35-58(52)64-60(48)50)39-25-30-44(31-26-39)61(46-34-36-57-53(38-46)49-17-8-10-24-56(49)63-57)45-32-27-41(28-33-45)47-19-12-23-55-59(47)51-18-7-9-22-54(51)62(55)43-15-5-2-6-16-43/h1-38H. The summed E-state index contributed by atoms with van der Waals surface area (Å²) >= 11 is 0. The van der Waals surface area contributed by atoms with Crippen molar-refractivity contribution in [1.29, 1.82) is 0 Å². The van der Waals surface area contributed by atoms with Crippen LogP contribution >= 0.6 is 0 Å². The molecule has 0 unspecified atom stereocenters. The van der Waals surface area contributed by atoms with Gasteiger partial charge in [0.15, 0.2) is 0 Å². The molecule has 10 aromatic carbocycles. The van der Waals surface area contributed by atoms with Crippen LogP contribution in [0.5, 0.6) is 0 Å². The van der Waals surface area contributed by atoms with Gasteiger partial charge in [-0.05, 0) is 113 Å². The van der Waals surface area contributed by atoms with Gasteiger partial charge in [0, 0.05) is 60.6 Å². The van der Waals surface area contributed by atoms with Gasteiger partial charge in [0.1, 0.15) is 22.3 Å². The van der Waals surface area contributed by atoms with E-state index in [-0.39, 0.29) is 0 Å².